The van der Waals surface area contributed by atoms with Crippen LogP contribution in [0.25, 0.3) is 10.8 Å². The van der Waals surface area contributed by atoms with E-state index in [1.54, 1.807) is 6.07 Å². The lowest BCUT2D eigenvalue weighted by Crippen LogP contribution is -2.22. The van der Waals surface area contributed by atoms with Crippen molar-refractivity contribution in [3.63, 3.8) is 0 Å². The van der Waals surface area contributed by atoms with Gasteiger partial charge in [0.05, 0.1) is 5.75 Å². The van der Waals surface area contributed by atoms with Crippen molar-refractivity contribution in [2.24, 2.45) is 0 Å². The van der Waals surface area contributed by atoms with Crippen LogP contribution in [0.3, 0.4) is 0 Å². The molecule has 20 heavy (non-hydrogen) atoms. The quantitative estimate of drug-likeness (QED) is 0.877. The van der Waals surface area contributed by atoms with E-state index in [0.29, 0.717) is 5.75 Å². The number of carboxylic acids is 1. The van der Waals surface area contributed by atoms with E-state index in [0.717, 1.165) is 10.8 Å². The van der Waals surface area contributed by atoms with E-state index in [1.807, 2.05) is 36.4 Å². The molecule has 0 heterocycles. The molecule has 0 atom stereocenters. The Bertz CT molecular complexity index is 716. The molecule has 2 aromatic carbocycles. The molecule has 0 unspecified atom stereocenters. The Labute approximate surface area is 116 Å². The number of carboxylic acid groups (broad SMARTS) is 1. The topological polar surface area (TPSA) is 80.7 Å². The van der Waals surface area contributed by atoms with Crippen LogP contribution in [0.4, 0.5) is 0 Å². The second-order valence-corrected chi connectivity index (χ2v) is 6.50. The zero-order valence-electron chi connectivity index (χ0n) is 10.7. The summed E-state index contributed by atoms with van der Waals surface area (Å²) < 4.78 is 28.3. The number of ether oxygens (including phenoxy) is 1. The van der Waals surface area contributed by atoms with Crippen LogP contribution in [0.1, 0.15) is 0 Å². The first-order chi connectivity index (χ1) is 9.48. The van der Waals surface area contributed by atoms with Crippen LogP contribution >= 0.6 is 0 Å². The standard InChI is InChI=1S/C14H14O5S/c15-14(16)10-20(17,18)9-8-19-13-7-3-5-11-4-1-2-6-12(11)13/h1-7H,8-10H2,(H,15,16). The Morgan fingerprint density at radius 2 is 1.80 bits per heavy atom. The van der Waals surface area contributed by atoms with Crippen LogP contribution in [-0.2, 0) is 14.6 Å². The van der Waals surface area contributed by atoms with Crippen LogP contribution in [0.2, 0.25) is 0 Å². The average Bonchev–Trinajstić information content (AvgIpc) is 2.37. The van der Waals surface area contributed by atoms with E-state index < -0.39 is 21.6 Å². The number of rotatable bonds is 6. The van der Waals surface area contributed by atoms with Gasteiger partial charge in [-0.2, -0.15) is 0 Å². The first kappa shape index (κ1) is 14.3. The lowest BCUT2D eigenvalue weighted by molar-refractivity contribution is -0.134. The fourth-order valence-corrected chi connectivity index (χ4v) is 2.72. The van der Waals surface area contributed by atoms with E-state index in [2.05, 4.69) is 0 Å². The molecule has 0 radical (unpaired) electrons. The van der Waals surface area contributed by atoms with Crippen molar-refractivity contribution < 1.29 is 23.1 Å². The molecule has 0 fully saturated rings. The van der Waals surface area contributed by atoms with E-state index in [1.165, 1.54) is 0 Å². The molecule has 0 amide bonds. The third-order valence-electron chi connectivity index (χ3n) is 2.74. The number of fused-ring (bicyclic) bond motifs is 1. The number of hydrogen-bond donors (Lipinski definition) is 1. The van der Waals surface area contributed by atoms with Crippen molar-refractivity contribution in [2.75, 3.05) is 18.1 Å². The van der Waals surface area contributed by atoms with Gasteiger partial charge in [0.25, 0.3) is 0 Å². The Morgan fingerprint density at radius 3 is 2.55 bits per heavy atom. The van der Waals surface area contributed by atoms with Gasteiger partial charge in [-0.25, -0.2) is 8.42 Å². The van der Waals surface area contributed by atoms with E-state index in [-0.39, 0.29) is 12.4 Å². The summed E-state index contributed by atoms with van der Waals surface area (Å²) in [5.41, 5.74) is 0. The van der Waals surface area contributed by atoms with Gasteiger partial charge in [-0.05, 0) is 11.5 Å². The normalized spacial score (nSPS) is 11.4. The largest absolute Gasteiger partial charge is 0.492 e. The molecule has 0 saturated heterocycles. The third kappa shape index (κ3) is 3.71. The molecule has 2 aromatic rings. The molecule has 106 valence electrons. The Kier molecular flexibility index (Phi) is 4.24. The fraction of sp³-hybridized carbons (Fsp3) is 0.214. The van der Waals surface area contributed by atoms with E-state index in [9.17, 15) is 13.2 Å². The highest BCUT2D eigenvalue weighted by Gasteiger charge is 2.16. The maximum absolute atomic E-state index is 11.4. The Morgan fingerprint density at radius 1 is 1.10 bits per heavy atom. The van der Waals surface area contributed by atoms with Gasteiger partial charge in [-0.1, -0.05) is 36.4 Å². The highest BCUT2D eigenvalue weighted by Crippen LogP contribution is 2.24. The summed E-state index contributed by atoms with van der Waals surface area (Å²) in [7, 11) is -3.63. The van der Waals surface area contributed by atoms with Crippen molar-refractivity contribution >= 4 is 26.6 Å². The minimum Gasteiger partial charge on any atom is -0.492 e. The van der Waals surface area contributed by atoms with Crippen molar-refractivity contribution in [1.29, 1.82) is 0 Å². The first-order valence-electron chi connectivity index (χ1n) is 6.01. The molecule has 0 saturated carbocycles. The Hall–Kier alpha value is -2.08. The maximum atomic E-state index is 11.4. The van der Waals surface area contributed by atoms with Crippen molar-refractivity contribution in [1.82, 2.24) is 0 Å². The highest BCUT2D eigenvalue weighted by molar-refractivity contribution is 7.92. The molecule has 5 nitrogen and oxygen atoms in total. The molecule has 0 aromatic heterocycles. The van der Waals surface area contributed by atoms with Gasteiger partial charge in [-0.15, -0.1) is 0 Å². The highest BCUT2D eigenvalue weighted by atomic mass is 32.2. The molecular formula is C14H14O5S. The summed E-state index contributed by atoms with van der Waals surface area (Å²) in [6, 6.07) is 13.1. The van der Waals surface area contributed by atoms with Gasteiger partial charge in [0, 0.05) is 5.39 Å². The molecule has 0 bridgehead atoms. The molecule has 1 N–H and O–H groups in total. The number of sulfone groups is 1. The van der Waals surface area contributed by atoms with Gasteiger partial charge in [0.15, 0.2) is 9.84 Å². The maximum Gasteiger partial charge on any atom is 0.318 e. The van der Waals surface area contributed by atoms with Gasteiger partial charge < -0.3 is 9.84 Å². The molecule has 0 spiro atoms. The molecule has 0 aliphatic heterocycles. The predicted molar refractivity (Wildman–Crippen MR) is 75.7 cm³/mol. The van der Waals surface area contributed by atoms with E-state index in [4.69, 9.17) is 9.84 Å². The van der Waals surface area contributed by atoms with Crippen LogP contribution < -0.4 is 4.74 Å². The van der Waals surface area contributed by atoms with Crippen molar-refractivity contribution in [2.45, 2.75) is 0 Å². The van der Waals surface area contributed by atoms with Crippen LogP contribution in [0.15, 0.2) is 42.5 Å². The van der Waals surface area contributed by atoms with Crippen molar-refractivity contribution in [3.05, 3.63) is 42.5 Å². The fourth-order valence-electron chi connectivity index (χ4n) is 1.86. The number of hydrogen-bond acceptors (Lipinski definition) is 4. The molecule has 6 heteroatoms. The number of benzene rings is 2. The summed E-state index contributed by atoms with van der Waals surface area (Å²) in [6.07, 6.45) is 0. The van der Waals surface area contributed by atoms with Crippen LogP contribution in [0, 0.1) is 0 Å². The van der Waals surface area contributed by atoms with Gasteiger partial charge >= 0.3 is 5.97 Å². The van der Waals surface area contributed by atoms with Gasteiger partial charge in [0.1, 0.15) is 18.1 Å². The van der Waals surface area contributed by atoms with Crippen molar-refractivity contribution in [3.8, 4) is 5.75 Å². The summed E-state index contributed by atoms with van der Waals surface area (Å²) in [5, 5.41) is 10.4. The lowest BCUT2D eigenvalue weighted by Gasteiger charge is -2.09. The van der Waals surface area contributed by atoms with Crippen LogP contribution in [-0.4, -0.2) is 37.6 Å². The van der Waals surface area contributed by atoms with Gasteiger partial charge in [-0.3, -0.25) is 4.79 Å². The first-order valence-corrected chi connectivity index (χ1v) is 7.83. The SMILES string of the molecule is O=C(O)CS(=O)(=O)CCOc1cccc2ccccc12. The zero-order valence-corrected chi connectivity index (χ0v) is 11.5. The second-order valence-electron chi connectivity index (χ2n) is 4.31. The summed E-state index contributed by atoms with van der Waals surface area (Å²) in [4.78, 5) is 10.4. The smallest absolute Gasteiger partial charge is 0.318 e. The van der Waals surface area contributed by atoms with Crippen LogP contribution in [0.5, 0.6) is 5.75 Å². The molecule has 0 aliphatic carbocycles. The average molecular weight is 294 g/mol. The number of carbonyl (C=O) groups is 1. The summed E-state index contributed by atoms with van der Waals surface area (Å²) in [5.74, 6) is -1.95. The Balaban J connectivity index is 2.05. The second kappa shape index (κ2) is 5.92. The third-order valence-corrected chi connectivity index (χ3v) is 4.22. The molecular weight excluding hydrogens is 280 g/mol. The summed E-state index contributed by atoms with van der Waals surface area (Å²) in [6.45, 7) is -0.0659. The van der Waals surface area contributed by atoms with Gasteiger partial charge in [0.2, 0.25) is 0 Å². The monoisotopic (exact) mass is 294 g/mol. The molecule has 0 aliphatic rings. The molecule has 2 rings (SSSR count). The lowest BCUT2D eigenvalue weighted by atomic mass is 10.1. The zero-order chi connectivity index (χ0) is 14.6. The minimum atomic E-state index is -3.63. The van der Waals surface area contributed by atoms with E-state index >= 15 is 0 Å². The summed E-state index contributed by atoms with van der Waals surface area (Å²) >= 11 is 0. The number of aliphatic carboxylic acids is 1. The predicted octanol–water partition coefficient (Wildman–Crippen LogP) is 1.72. The minimum absolute atomic E-state index is 0.0659.